The minimum absolute atomic E-state index is 0.271. The van der Waals surface area contributed by atoms with Crippen LogP contribution in [0.25, 0.3) is 0 Å². The van der Waals surface area contributed by atoms with E-state index in [1.165, 1.54) is 45.1 Å². The lowest BCUT2D eigenvalue weighted by Gasteiger charge is -2.42. The quantitative estimate of drug-likeness (QED) is 0.740. The monoisotopic (exact) mass is 268 g/mol. The van der Waals surface area contributed by atoms with Crippen LogP contribution < -0.4 is 5.73 Å². The Morgan fingerprint density at radius 1 is 1.21 bits per heavy atom. The minimum Gasteiger partial charge on any atom is -0.329 e. The van der Waals surface area contributed by atoms with E-state index in [1.807, 2.05) is 0 Å². The van der Waals surface area contributed by atoms with Gasteiger partial charge in [0.05, 0.1) is 0 Å². The van der Waals surface area contributed by atoms with Crippen molar-refractivity contribution >= 4 is 0 Å². The molecule has 2 nitrogen and oxygen atoms in total. The Labute approximate surface area is 121 Å². The summed E-state index contributed by atoms with van der Waals surface area (Å²) in [5.41, 5.74) is 6.48. The number of hydrogen-bond donors (Lipinski definition) is 1. The summed E-state index contributed by atoms with van der Waals surface area (Å²) in [5.74, 6) is 2.51. The molecule has 3 atom stereocenters. The van der Waals surface area contributed by atoms with E-state index >= 15 is 0 Å². The van der Waals surface area contributed by atoms with Crippen LogP contribution in [0.1, 0.15) is 66.2 Å². The first-order valence-corrected chi connectivity index (χ1v) is 8.36. The molecule has 1 aliphatic carbocycles. The van der Waals surface area contributed by atoms with E-state index in [-0.39, 0.29) is 5.54 Å². The van der Waals surface area contributed by atoms with Crippen LogP contribution in [-0.4, -0.2) is 30.6 Å². The van der Waals surface area contributed by atoms with Crippen LogP contribution in [0.3, 0.4) is 0 Å². The number of nitrogens with two attached hydrogens (primary N) is 1. The molecule has 1 rings (SSSR count). The van der Waals surface area contributed by atoms with Gasteiger partial charge in [-0.05, 0) is 44.1 Å². The lowest BCUT2D eigenvalue weighted by molar-refractivity contribution is 0.0892. The van der Waals surface area contributed by atoms with Crippen LogP contribution >= 0.6 is 0 Å². The topological polar surface area (TPSA) is 29.3 Å². The van der Waals surface area contributed by atoms with E-state index in [9.17, 15) is 0 Å². The molecule has 0 radical (unpaired) electrons. The molecule has 114 valence electrons. The summed E-state index contributed by atoms with van der Waals surface area (Å²) in [6.45, 7) is 11.4. The molecular formula is C17H36N2. The average molecular weight is 268 g/mol. The Hall–Kier alpha value is -0.0800. The predicted octanol–water partition coefficient (Wildman–Crippen LogP) is 3.90. The molecule has 0 bridgehead atoms. The van der Waals surface area contributed by atoms with E-state index < -0.39 is 0 Å². The smallest absolute Gasteiger partial charge is 0.0328 e. The maximum Gasteiger partial charge on any atom is 0.0328 e. The predicted molar refractivity (Wildman–Crippen MR) is 85.3 cm³/mol. The van der Waals surface area contributed by atoms with Crippen molar-refractivity contribution < 1.29 is 0 Å². The zero-order valence-electron chi connectivity index (χ0n) is 13.9. The van der Waals surface area contributed by atoms with E-state index in [4.69, 9.17) is 5.73 Å². The summed E-state index contributed by atoms with van der Waals surface area (Å²) in [7, 11) is 2.30. The normalized spacial score (nSPS) is 30.6. The van der Waals surface area contributed by atoms with Gasteiger partial charge in [0.15, 0.2) is 0 Å². The summed E-state index contributed by atoms with van der Waals surface area (Å²) >= 11 is 0. The van der Waals surface area contributed by atoms with Crippen molar-refractivity contribution in [3.8, 4) is 0 Å². The Morgan fingerprint density at radius 2 is 1.89 bits per heavy atom. The fourth-order valence-electron chi connectivity index (χ4n) is 3.62. The number of likely N-dealkylation sites (N-methyl/N-ethyl adjacent to an activating group) is 1. The first-order valence-electron chi connectivity index (χ1n) is 8.36. The molecule has 0 spiro atoms. The third-order valence-corrected chi connectivity index (χ3v) is 5.61. The maximum absolute atomic E-state index is 6.21. The zero-order valence-corrected chi connectivity index (χ0v) is 13.9. The first-order chi connectivity index (χ1) is 8.95. The van der Waals surface area contributed by atoms with Crippen molar-refractivity contribution in [3.05, 3.63) is 0 Å². The summed E-state index contributed by atoms with van der Waals surface area (Å²) in [6, 6.07) is 0. The van der Waals surface area contributed by atoms with Gasteiger partial charge in [-0.3, -0.25) is 4.90 Å². The van der Waals surface area contributed by atoms with Gasteiger partial charge in [0, 0.05) is 18.6 Å². The minimum atomic E-state index is 0.271. The Balaban J connectivity index is 2.69. The molecule has 0 aromatic carbocycles. The van der Waals surface area contributed by atoms with Gasteiger partial charge in [0.25, 0.3) is 0 Å². The summed E-state index contributed by atoms with van der Waals surface area (Å²) in [4.78, 5) is 2.59. The molecule has 0 aromatic heterocycles. The molecule has 19 heavy (non-hydrogen) atoms. The molecule has 1 fully saturated rings. The largest absolute Gasteiger partial charge is 0.329 e. The second-order valence-corrected chi connectivity index (χ2v) is 7.26. The third kappa shape index (κ3) is 4.46. The Morgan fingerprint density at radius 3 is 2.42 bits per heavy atom. The standard InChI is InChI=1S/C17H36N2/c1-6-15(4)12-19(5)17(13-18)10-7-8-16(9-11-17)14(2)3/h14-16H,6-13,18H2,1-5H3. The summed E-state index contributed by atoms with van der Waals surface area (Å²) in [5, 5.41) is 0. The Bertz CT molecular complexity index is 252. The van der Waals surface area contributed by atoms with E-state index in [0.29, 0.717) is 0 Å². The van der Waals surface area contributed by atoms with Gasteiger partial charge in [-0.15, -0.1) is 0 Å². The Kier molecular flexibility index (Phi) is 6.82. The number of rotatable bonds is 6. The van der Waals surface area contributed by atoms with Crippen molar-refractivity contribution in [1.82, 2.24) is 4.90 Å². The molecule has 0 aliphatic heterocycles. The van der Waals surface area contributed by atoms with Gasteiger partial charge >= 0.3 is 0 Å². The van der Waals surface area contributed by atoms with Gasteiger partial charge < -0.3 is 5.73 Å². The zero-order chi connectivity index (χ0) is 14.5. The highest BCUT2D eigenvalue weighted by molar-refractivity contribution is 4.93. The SMILES string of the molecule is CCC(C)CN(C)C1(CN)CCCC(C(C)C)CC1. The van der Waals surface area contributed by atoms with E-state index in [2.05, 4.69) is 39.6 Å². The van der Waals surface area contributed by atoms with Crippen molar-refractivity contribution in [3.63, 3.8) is 0 Å². The van der Waals surface area contributed by atoms with Crippen LogP contribution in [0.15, 0.2) is 0 Å². The van der Waals surface area contributed by atoms with Crippen molar-refractivity contribution in [1.29, 1.82) is 0 Å². The molecule has 0 amide bonds. The molecule has 1 saturated carbocycles. The maximum atomic E-state index is 6.21. The van der Waals surface area contributed by atoms with Crippen LogP contribution in [-0.2, 0) is 0 Å². The highest BCUT2D eigenvalue weighted by Crippen LogP contribution is 2.36. The van der Waals surface area contributed by atoms with Crippen molar-refractivity contribution in [2.75, 3.05) is 20.1 Å². The molecule has 2 heteroatoms. The van der Waals surface area contributed by atoms with Gasteiger partial charge in [-0.1, -0.05) is 47.0 Å². The van der Waals surface area contributed by atoms with Gasteiger partial charge in [0.2, 0.25) is 0 Å². The van der Waals surface area contributed by atoms with Crippen molar-refractivity contribution in [2.45, 2.75) is 71.8 Å². The number of hydrogen-bond acceptors (Lipinski definition) is 2. The summed E-state index contributed by atoms with van der Waals surface area (Å²) < 4.78 is 0. The van der Waals surface area contributed by atoms with Gasteiger partial charge in [0.1, 0.15) is 0 Å². The second kappa shape index (κ2) is 7.64. The van der Waals surface area contributed by atoms with Gasteiger partial charge in [-0.25, -0.2) is 0 Å². The molecule has 3 unspecified atom stereocenters. The highest BCUT2D eigenvalue weighted by atomic mass is 15.2. The van der Waals surface area contributed by atoms with Crippen LogP contribution in [0.4, 0.5) is 0 Å². The highest BCUT2D eigenvalue weighted by Gasteiger charge is 2.36. The van der Waals surface area contributed by atoms with Crippen LogP contribution in [0.2, 0.25) is 0 Å². The van der Waals surface area contributed by atoms with Crippen LogP contribution in [0, 0.1) is 17.8 Å². The fourth-order valence-corrected chi connectivity index (χ4v) is 3.62. The summed E-state index contributed by atoms with van der Waals surface area (Å²) in [6.07, 6.45) is 7.96. The third-order valence-electron chi connectivity index (χ3n) is 5.61. The van der Waals surface area contributed by atoms with E-state index in [0.717, 1.165) is 24.3 Å². The van der Waals surface area contributed by atoms with Gasteiger partial charge in [-0.2, -0.15) is 0 Å². The molecule has 1 aliphatic rings. The molecule has 0 heterocycles. The fraction of sp³-hybridized carbons (Fsp3) is 1.00. The van der Waals surface area contributed by atoms with Crippen LogP contribution in [0.5, 0.6) is 0 Å². The van der Waals surface area contributed by atoms with E-state index in [1.54, 1.807) is 0 Å². The average Bonchev–Trinajstić information content (AvgIpc) is 2.61. The lowest BCUT2D eigenvalue weighted by Crippen LogP contribution is -2.53. The number of nitrogens with zero attached hydrogens (tertiary/aromatic N) is 1. The molecular weight excluding hydrogens is 232 g/mol. The second-order valence-electron chi connectivity index (χ2n) is 7.26. The lowest BCUT2D eigenvalue weighted by atomic mass is 9.85. The molecule has 2 N–H and O–H groups in total. The molecule has 0 aromatic rings. The molecule has 0 saturated heterocycles. The first kappa shape index (κ1) is 17.0. The van der Waals surface area contributed by atoms with Crippen molar-refractivity contribution in [2.24, 2.45) is 23.5 Å².